The molecule has 10 nitrogen and oxygen atoms in total. The van der Waals surface area contributed by atoms with Gasteiger partial charge in [-0.1, -0.05) is 0 Å². The predicted octanol–water partition coefficient (Wildman–Crippen LogP) is 3.04. The van der Waals surface area contributed by atoms with Gasteiger partial charge >= 0.3 is 0 Å². The molecule has 0 radical (unpaired) electrons. The zero-order chi connectivity index (χ0) is 29.9. The van der Waals surface area contributed by atoms with Crippen LogP contribution in [0, 0.1) is 0 Å². The Morgan fingerprint density at radius 3 is 2.47 bits per heavy atom. The van der Waals surface area contributed by atoms with Crippen molar-refractivity contribution in [1.82, 2.24) is 30.2 Å². The quantitative estimate of drug-likeness (QED) is 0.431. The molecule has 2 N–H and O–H groups in total. The monoisotopic (exact) mass is 595 g/mol. The lowest BCUT2D eigenvalue weighted by Crippen LogP contribution is -2.61. The fourth-order valence-corrected chi connectivity index (χ4v) is 8.06. The van der Waals surface area contributed by atoms with Crippen molar-refractivity contribution in [2.24, 2.45) is 7.05 Å². The molecule has 6 rings (SSSR count). The topological polar surface area (TPSA) is 79.3 Å². The summed E-state index contributed by atoms with van der Waals surface area (Å²) in [6.45, 7) is 12.0. The van der Waals surface area contributed by atoms with Gasteiger partial charge in [0.1, 0.15) is 11.5 Å². The molecular weight excluding hydrogens is 542 g/mol. The zero-order valence-corrected chi connectivity index (χ0v) is 26.9. The molecule has 43 heavy (non-hydrogen) atoms. The van der Waals surface area contributed by atoms with Crippen molar-refractivity contribution in [3.8, 4) is 11.5 Å². The van der Waals surface area contributed by atoms with Gasteiger partial charge in [0.25, 0.3) is 0 Å². The number of benzene rings is 1. The van der Waals surface area contributed by atoms with Crippen LogP contribution in [0.15, 0.2) is 30.6 Å². The number of ether oxygens (including phenoxy) is 3. The van der Waals surface area contributed by atoms with Gasteiger partial charge < -0.3 is 34.6 Å². The first kappa shape index (κ1) is 30.6. The highest BCUT2D eigenvalue weighted by Crippen LogP contribution is 2.35. The van der Waals surface area contributed by atoms with Crippen LogP contribution in [0.3, 0.4) is 0 Å². The maximum absolute atomic E-state index is 6.00. The van der Waals surface area contributed by atoms with Gasteiger partial charge in [0.15, 0.2) is 0 Å². The summed E-state index contributed by atoms with van der Waals surface area (Å²) >= 11 is 0. The van der Waals surface area contributed by atoms with Gasteiger partial charge in [-0.05, 0) is 59.0 Å². The Morgan fingerprint density at radius 2 is 1.77 bits per heavy atom. The van der Waals surface area contributed by atoms with E-state index in [9.17, 15) is 0 Å². The molecule has 7 atom stereocenters. The zero-order valence-electron chi connectivity index (χ0n) is 26.9. The Bertz CT molecular complexity index is 1160. The molecule has 4 fully saturated rings. The molecule has 10 heteroatoms. The van der Waals surface area contributed by atoms with Crippen LogP contribution in [0.5, 0.6) is 11.5 Å². The molecule has 1 saturated carbocycles. The van der Waals surface area contributed by atoms with Crippen LogP contribution in [0.1, 0.15) is 57.6 Å². The third kappa shape index (κ3) is 7.31. The molecule has 1 aliphatic carbocycles. The summed E-state index contributed by atoms with van der Waals surface area (Å²) < 4.78 is 19.3. The van der Waals surface area contributed by atoms with E-state index in [1.165, 1.54) is 43.6 Å². The van der Waals surface area contributed by atoms with E-state index in [4.69, 9.17) is 14.2 Å². The standard InChI is InChI=1S/C33H53N7O3/c1-23-19-39(20-24(2)43-23)27-9-12-38(22-27)10-6-11-40(28-13-29(41-4)16-30(14-28)42-5)26-7-8-31-32(15-26)36-33(18-34-31)25-17-35-37(3)21-25/h13-14,16-17,21,23-24,26-27,31-34,36H,6-12,15,18-20,22H2,1-5H3/t23-,24+,26?,27?,31?,32?,33?. The summed E-state index contributed by atoms with van der Waals surface area (Å²) in [6, 6.07) is 8.67. The minimum atomic E-state index is 0.291. The predicted molar refractivity (Wildman–Crippen MR) is 170 cm³/mol. The minimum absolute atomic E-state index is 0.291. The van der Waals surface area contributed by atoms with Crippen molar-refractivity contribution in [3.05, 3.63) is 36.2 Å². The van der Waals surface area contributed by atoms with Crippen molar-refractivity contribution in [1.29, 1.82) is 0 Å². The van der Waals surface area contributed by atoms with Crippen LogP contribution in [-0.4, -0.2) is 116 Å². The summed E-state index contributed by atoms with van der Waals surface area (Å²) in [4.78, 5) is 8.01. The van der Waals surface area contributed by atoms with E-state index in [1.54, 1.807) is 14.2 Å². The molecule has 3 aliphatic heterocycles. The normalized spacial score (nSPS) is 32.0. The van der Waals surface area contributed by atoms with Gasteiger partial charge in [-0.2, -0.15) is 5.10 Å². The second kappa shape index (κ2) is 13.7. The second-order valence-corrected chi connectivity index (χ2v) is 13.3. The number of likely N-dealkylation sites (tertiary alicyclic amines) is 1. The summed E-state index contributed by atoms with van der Waals surface area (Å²) in [5, 5.41) is 12.3. The lowest BCUT2D eigenvalue weighted by molar-refractivity contribution is -0.0790. The maximum Gasteiger partial charge on any atom is 0.124 e. The number of rotatable bonds is 10. The molecule has 5 unspecified atom stereocenters. The van der Waals surface area contributed by atoms with Crippen LogP contribution in [-0.2, 0) is 11.8 Å². The number of nitrogens with one attached hydrogen (secondary N) is 2. The molecule has 0 spiro atoms. The van der Waals surface area contributed by atoms with E-state index in [0.29, 0.717) is 42.4 Å². The van der Waals surface area contributed by atoms with E-state index in [-0.39, 0.29) is 0 Å². The number of piperazine rings is 1. The molecule has 2 aromatic rings. The van der Waals surface area contributed by atoms with Gasteiger partial charge in [-0.15, -0.1) is 0 Å². The molecule has 4 aliphatic rings. The highest BCUT2D eigenvalue weighted by atomic mass is 16.5. The summed E-state index contributed by atoms with van der Waals surface area (Å²) in [6.07, 6.45) is 10.6. The Balaban J connectivity index is 1.12. The lowest BCUT2D eigenvalue weighted by Gasteiger charge is -2.47. The Hall–Kier alpha value is -2.37. The average molecular weight is 596 g/mol. The molecule has 0 amide bonds. The molecule has 3 saturated heterocycles. The van der Waals surface area contributed by atoms with E-state index < -0.39 is 0 Å². The third-order valence-corrected chi connectivity index (χ3v) is 10.1. The highest BCUT2D eigenvalue weighted by Gasteiger charge is 2.38. The highest BCUT2D eigenvalue weighted by molar-refractivity contribution is 5.56. The molecule has 1 aromatic heterocycles. The fourth-order valence-electron chi connectivity index (χ4n) is 8.06. The number of methoxy groups -OCH3 is 2. The number of anilines is 1. The number of fused-ring (bicyclic) bond motifs is 1. The lowest BCUT2D eigenvalue weighted by atomic mass is 9.83. The van der Waals surface area contributed by atoms with Crippen LogP contribution in [0.2, 0.25) is 0 Å². The van der Waals surface area contributed by atoms with Crippen LogP contribution in [0.4, 0.5) is 5.69 Å². The van der Waals surface area contributed by atoms with Crippen LogP contribution >= 0.6 is 0 Å². The van der Waals surface area contributed by atoms with Crippen molar-refractivity contribution < 1.29 is 14.2 Å². The Labute approximate surface area is 258 Å². The van der Waals surface area contributed by atoms with Crippen molar-refractivity contribution in [3.63, 3.8) is 0 Å². The number of nitrogens with zero attached hydrogens (tertiary/aromatic N) is 5. The molecule has 1 aromatic carbocycles. The molecular formula is C33H53N7O3. The SMILES string of the molecule is COc1cc(OC)cc(N(CCCN2CCC(N3C[C@@H](C)O[C@@H](C)C3)C2)C2CCC3NCC(c4cnn(C)c4)NC3C2)c1. The maximum atomic E-state index is 6.00. The first-order valence-electron chi connectivity index (χ1n) is 16.5. The summed E-state index contributed by atoms with van der Waals surface area (Å²) in [5.74, 6) is 1.69. The molecule has 4 heterocycles. The molecule has 238 valence electrons. The number of morpholine rings is 1. The van der Waals surface area contributed by atoms with E-state index in [1.807, 2.05) is 24.0 Å². The first-order chi connectivity index (χ1) is 20.9. The van der Waals surface area contributed by atoms with Gasteiger partial charge in [-0.3, -0.25) is 9.58 Å². The summed E-state index contributed by atoms with van der Waals surface area (Å²) in [7, 11) is 5.47. The van der Waals surface area contributed by atoms with Gasteiger partial charge in [0.05, 0.1) is 32.6 Å². The number of hydrogen-bond acceptors (Lipinski definition) is 9. The van der Waals surface area contributed by atoms with Crippen molar-refractivity contribution >= 4 is 5.69 Å². The molecule has 0 bridgehead atoms. The van der Waals surface area contributed by atoms with E-state index >= 15 is 0 Å². The van der Waals surface area contributed by atoms with E-state index in [0.717, 1.165) is 57.1 Å². The number of hydrogen-bond donors (Lipinski definition) is 2. The third-order valence-electron chi connectivity index (χ3n) is 10.1. The second-order valence-electron chi connectivity index (χ2n) is 13.3. The number of aromatic nitrogens is 2. The van der Waals surface area contributed by atoms with Crippen LogP contribution < -0.4 is 25.0 Å². The first-order valence-corrected chi connectivity index (χ1v) is 16.5. The van der Waals surface area contributed by atoms with Gasteiger partial charge in [0, 0.05) is 106 Å². The largest absolute Gasteiger partial charge is 0.497 e. The average Bonchev–Trinajstić information content (AvgIpc) is 3.67. The Kier molecular flexibility index (Phi) is 9.79. The van der Waals surface area contributed by atoms with Gasteiger partial charge in [0.2, 0.25) is 0 Å². The smallest absolute Gasteiger partial charge is 0.124 e. The summed E-state index contributed by atoms with van der Waals surface area (Å²) in [5.41, 5.74) is 2.46. The van der Waals surface area contributed by atoms with Crippen molar-refractivity contribution in [2.75, 3.05) is 64.9 Å². The van der Waals surface area contributed by atoms with Crippen LogP contribution in [0.25, 0.3) is 0 Å². The van der Waals surface area contributed by atoms with Gasteiger partial charge in [-0.25, -0.2) is 0 Å². The fraction of sp³-hybridized carbons (Fsp3) is 0.727. The Morgan fingerprint density at radius 1 is 1.00 bits per heavy atom. The van der Waals surface area contributed by atoms with Crippen molar-refractivity contribution in [2.45, 2.75) is 88.4 Å². The minimum Gasteiger partial charge on any atom is -0.497 e. The van der Waals surface area contributed by atoms with E-state index in [2.05, 4.69) is 62.6 Å². The number of aryl methyl sites for hydroxylation is 1.